The van der Waals surface area contributed by atoms with Gasteiger partial charge in [-0.3, -0.25) is 0 Å². The molecule has 6 heteroatoms. The quantitative estimate of drug-likeness (QED) is 0.362. The van der Waals surface area contributed by atoms with Crippen LogP contribution in [0.2, 0.25) is 0 Å². The van der Waals surface area contributed by atoms with Gasteiger partial charge in [0.2, 0.25) is 12.2 Å². The summed E-state index contributed by atoms with van der Waals surface area (Å²) in [6, 6.07) is 6.87. The highest BCUT2D eigenvalue weighted by Crippen LogP contribution is 2.37. The van der Waals surface area contributed by atoms with Gasteiger partial charge >= 0.3 is 0 Å². The lowest BCUT2D eigenvalue weighted by molar-refractivity contribution is 0.261. The normalized spacial score (nSPS) is 17.1. The molecule has 1 aromatic rings. The number of nitrogens with one attached hydrogen (secondary N) is 2. The molecule has 0 aliphatic heterocycles. The van der Waals surface area contributed by atoms with E-state index in [4.69, 9.17) is 10.00 Å². The highest BCUT2D eigenvalue weighted by atomic mass is 16.5. The summed E-state index contributed by atoms with van der Waals surface area (Å²) >= 11 is 0. The van der Waals surface area contributed by atoms with Crippen LogP contribution in [0.15, 0.2) is 23.2 Å². The zero-order chi connectivity index (χ0) is 17.4. The van der Waals surface area contributed by atoms with E-state index in [0.29, 0.717) is 25.2 Å². The van der Waals surface area contributed by atoms with Gasteiger partial charge in [0.05, 0.1) is 6.61 Å². The third-order valence-corrected chi connectivity index (χ3v) is 4.33. The van der Waals surface area contributed by atoms with Crippen LogP contribution in [0.3, 0.4) is 0 Å². The zero-order valence-corrected chi connectivity index (χ0v) is 14.8. The molecule has 6 nitrogen and oxygen atoms in total. The lowest BCUT2D eigenvalue weighted by Gasteiger charge is -2.31. The summed E-state index contributed by atoms with van der Waals surface area (Å²) in [6.07, 6.45) is 6.10. The summed E-state index contributed by atoms with van der Waals surface area (Å²) in [5.41, 5.74) is 2.76. The van der Waals surface area contributed by atoms with Crippen molar-refractivity contribution in [1.82, 2.24) is 15.5 Å². The molecule has 0 fully saturated rings. The first-order valence-corrected chi connectivity index (χ1v) is 8.46. The molecule has 1 aliphatic rings. The van der Waals surface area contributed by atoms with Crippen LogP contribution < -0.4 is 15.4 Å². The summed E-state index contributed by atoms with van der Waals surface area (Å²) < 4.78 is 6.02. The fourth-order valence-corrected chi connectivity index (χ4v) is 3.16. The van der Waals surface area contributed by atoms with Gasteiger partial charge in [-0.2, -0.15) is 5.26 Å². The summed E-state index contributed by atoms with van der Waals surface area (Å²) in [7, 11) is 6.01. The minimum absolute atomic E-state index is 0.486. The van der Waals surface area contributed by atoms with Gasteiger partial charge in [-0.05, 0) is 57.0 Å². The Balaban J connectivity index is 1.89. The molecule has 0 radical (unpaired) electrons. The van der Waals surface area contributed by atoms with Crippen molar-refractivity contribution in [1.29, 1.82) is 5.26 Å². The minimum Gasteiger partial charge on any atom is -0.493 e. The van der Waals surface area contributed by atoms with Crippen LogP contribution in [-0.4, -0.2) is 45.2 Å². The van der Waals surface area contributed by atoms with Crippen LogP contribution >= 0.6 is 0 Å². The SMILES string of the molecule is CNC(=NC#N)NCCCOc1cccc2c1CCCC2N(C)C. The fourth-order valence-electron chi connectivity index (χ4n) is 3.16. The van der Waals surface area contributed by atoms with Gasteiger partial charge < -0.3 is 20.3 Å². The van der Waals surface area contributed by atoms with Crippen LogP contribution in [0.25, 0.3) is 0 Å². The van der Waals surface area contributed by atoms with Crippen molar-refractivity contribution in [2.75, 3.05) is 34.3 Å². The number of nitrogens with zero attached hydrogens (tertiary/aromatic N) is 3. The molecule has 2 rings (SSSR count). The second-order valence-electron chi connectivity index (χ2n) is 6.13. The van der Waals surface area contributed by atoms with Gasteiger partial charge in [-0.25, -0.2) is 0 Å². The molecule has 2 N–H and O–H groups in total. The summed E-state index contributed by atoms with van der Waals surface area (Å²) in [5.74, 6) is 1.50. The number of hydrogen-bond donors (Lipinski definition) is 2. The molecule has 0 bridgehead atoms. The van der Waals surface area contributed by atoms with Crippen molar-refractivity contribution in [2.24, 2.45) is 4.99 Å². The predicted molar refractivity (Wildman–Crippen MR) is 96.0 cm³/mol. The Morgan fingerprint density at radius 3 is 3.00 bits per heavy atom. The number of nitriles is 1. The molecule has 1 aromatic carbocycles. The molecule has 1 unspecified atom stereocenters. The van der Waals surface area contributed by atoms with Crippen molar-refractivity contribution in [3.8, 4) is 11.9 Å². The Hall–Kier alpha value is -2.26. The van der Waals surface area contributed by atoms with Gasteiger partial charge in [-0.1, -0.05) is 12.1 Å². The number of guanidine groups is 1. The van der Waals surface area contributed by atoms with Crippen molar-refractivity contribution in [3.05, 3.63) is 29.3 Å². The highest BCUT2D eigenvalue weighted by molar-refractivity contribution is 5.80. The molecular weight excluding hydrogens is 302 g/mol. The maximum Gasteiger partial charge on any atom is 0.209 e. The Labute approximate surface area is 144 Å². The van der Waals surface area contributed by atoms with Crippen molar-refractivity contribution in [2.45, 2.75) is 31.7 Å². The molecule has 1 atom stereocenters. The van der Waals surface area contributed by atoms with Gasteiger partial charge in [0, 0.05) is 19.6 Å². The highest BCUT2D eigenvalue weighted by Gasteiger charge is 2.24. The largest absolute Gasteiger partial charge is 0.493 e. The standard InChI is InChI=1S/C18H27N5O/c1-20-18(22-13-19)21-11-6-12-24-17-10-5-7-14-15(17)8-4-9-16(14)23(2)3/h5,7,10,16H,4,6,8-9,11-12H2,1-3H3,(H2,20,21,22). The average molecular weight is 329 g/mol. The first-order valence-electron chi connectivity index (χ1n) is 8.46. The van der Waals surface area contributed by atoms with Gasteiger partial charge in [-0.15, -0.1) is 4.99 Å². The van der Waals surface area contributed by atoms with E-state index in [9.17, 15) is 0 Å². The Morgan fingerprint density at radius 1 is 1.46 bits per heavy atom. The molecule has 0 aromatic heterocycles. The van der Waals surface area contributed by atoms with Crippen molar-refractivity contribution >= 4 is 5.96 Å². The number of hydrogen-bond acceptors (Lipinski definition) is 4. The van der Waals surface area contributed by atoms with E-state index >= 15 is 0 Å². The van der Waals surface area contributed by atoms with Gasteiger partial charge in [0.15, 0.2) is 0 Å². The Morgan fingerprint density at radius 2 is 2.29 bits per heavy atom. The maximum atomic E-state index is 8.55. The fraction of sp³-hybridized carbons (Fsp3) is 0.556. The Kier molecular flexibility index (Phi) is 6.89. The van der Waals surface area contributed by atoms with Crippen LogP contribution in [0.5, 0.6) is 5.75 Å². The van der Waals surface area contributed by atoms with Gasteiger partial charge in [0.25, 0.3) is 0 Å². The lowest BCUT2D eigenvalue weighted by atomic mass is 9.86. The molecule has 24 heavy (non-hydrogen) atoms. The smallest absolute Gasteiger partial charge is 0.209 e. The number of rotatable bonds is 6. The van der Waals surface area contributed by atoms with E-state index in [1.54, 1.807) is 13.2 Å². The predicted octanol–water partition coefficient (Wildman–Crippen LogP) is 2.04. The molecule has 0 saturated carbocycles. The van der Waals surface area contributed by atoms with Gasteiger partial charge in [0.1, 0.15) is 5.75 Å². The second-order valence-corrected chi connectivity index (χ2v) is 6.13. The van der Waals surface area contributed by atoms with E-state index in [2.05, 4.69) is 52.8 Å². The molecule has 0 amide bonds. The summed E-state index contributed by atoms with van der Waals surface area (Å²) in [4.78, 5) is 5.93. The van der Waals surface area contributed by atoms with E-state index in [1.807, 2.05) is 0 Å². The number of fused-ring (bicyclic) bond motifs is 1. The number of ether oxygens (including phenoxy) is 1. The third-order valence-electron chi connectivity index (χ3n) is 4.33. The molecule has 130 valence electrons. The third kappa shape index (κ3) is 4.62. The lowest BCUT2D eigenvalue weighted by Crippen LogP contribution is -2.35. The topological polar surface area (TPSA) is 72.7 Å². The van der Waals surface area contributed by atoms with Crippen molar-refractivity contribution in [3.63, 3.8) is 0 Å². The van der Waals surface area contributed by atoms with E-state index < -0.39 is 0 Å². The second kappa shape index (κ2) is 9.14. The molecular formula is C18H27N5O. The van der Waals surface area contributed by atoms with Crippen molar-refractivity contribution < 1.29 is 4.74 Å². The van der Waals surface area contributed by atoms with Crippen LogP contribution in [-0.2, 0) is 6.42 Å². The molecule has 0 spiro atoms. The monoisotopic (exact) mass is 329 g/mol. The van der Waals surface area contributed by atoms with Crippen LogP contribution in [0.4, 0.5) is 0 Å². The number of benzene rings is 1. The summed E-state index contributed by atoms with van der Waals surface area (Å²) in [5, 5.41) is 14.5. The molecule has 0 saturated heterocycles. The number of aliphatic imine (C=N–C) groups is 1. The van der Waals surface area contributed by atoms with E-state index in [0.717, 1.165) is 18.6 Å². The summed E-state index contributed by atoms with van der Waals surface area (Å²) in [6.45, 7) is 1.34. The first-order chi connectivity index (χ1) is 11.7. The maximum absolute atomic E-state index is 8.55. The zero-order valence-electron chi connectivity index (χ0n) is 14.8. The van der Waals surface area contributed by atoms with E-state index in [1.165, 1.54) is 24.0 Å². The van der Waals surface area contributed by atoms with Crippen LogP contribution in [0.1, 0.15) is 36.4 Å². The minimum atomic E-state index is 0.486. The molecule has 0 heterocycles. The van der Waals surface area contributed by atoms with Crippen LogP contribution in [0, 0.1) is 11.5 Å². The average Bonchev–Trinajstić information content (AvgIpc) is 2.59. The first kappa shape index (κ1) is 18.1. The molecule has 1 aliphatic carbocycles. The Bertz CT molecular complexity index is 606. The van der Waals surface area contributed by atoms with E-state index in [-0.39, 0.29) is 0 Å².